The molecule has 0 aliphatic rings. The number of hydrogen-bond acceptors (Lipinski definition) is 4. The Kier molecular flexibility index (Phi) is 5.69. The number of nitrogens with one attached hydrogen (secondary N) is 1. The third-order valence-corrected chi connectivity index (χ3v) is 3.60. The summed E-state index contributed by atoms with van der Waals surface area (Å²) >= 11 is 1.48. The monoisotopic (exact) mass is 263 g/mol. The lowest BCUT2D eigenvalue weighted by molar-refractivity contribution is -0.118. The van der Waals surface area contributed by atoms with Gasteiger partial charge in [-0.1, -0.05) is 30.3 Å². The highest BCUT2D eigenvalue weighted by Crippen LogP contribution is 2.23. The van der Waals surface area contributed by atoms with Gasteiger partial charge in [0, 0.05) is 7.05 Å². The summed E-state index contributed by atoms with van der Waals surface area (Å²) in [5, 5.41) is 11.8. The van der Waals surface area contributed by atoms with Crippen LogP contribution in [0.15, 0.2) is 30.3 Å². The molecule has 0 saturated heterocycles. The van der Waals surface area contributed by atoms with Gasteiger partial charge in [0.25, 0.3) is 0 Å². The minimum absolute atomic E-state index is 0.0145. The maximum absolute atomic E-state index is 11.0. The smallest absolute Gasteiger partial charge is 0.229 e. The van der Waals surface area contributed by atoms with E-state index in [-0.39, 0.29) is 5.91 Å². The van der Waals surface area contributed by atoms with Gasteiger partial charge in [0.05, 0.1) is 11.8 Å². The number of thioether (sulfide) groups is 1. The van der Waals surface area contributed by atoms with Gasteiger partial charge in [-0.3, -0.25) is 4.79 Å². The molecule has 3 N–H and O–H groups in total. The minimum Gasteiger partial charge on any atom is -0.358 e. The van der Waals surface area contributed by atoms with Crippen molar-refractivity contribution >= 4 is 17.7 Å². The number of benzene rings is 1. The van der Waals surface area contributed by atoms with Crippen LogP contribution < -0.4 is 11.1 Å². The molecule has 1 unspecified atom stereocenters. The Bertz CT molecular complexity index is 430. The van der Waals surface area contributed by atoms with Gasteiger partial charge in [0.15, 0.2) is 0 Å². The van der Waals surface area contributed by atoms with E-state index in [1.165, 1.54) is 11.8 Å². The zero-order valence-corrected chi connectivity index (χ0v) is 11.2. The topological polar surface area (TPSA) is 78.9 Å². The van der Waals surface area contributed by atoms with E-state index in [4.69, 9.17) is 5.73 Å². The zero-order valence-electron chi connectivity index (χ0n) is 10.3. The number of amides is 1. The van der Waals surface area contributed by atoms with Crippen molar-refractivity contribution in [1.82, 2.24) is 5.32 Å². The van der Waals surface area contributed by atoms with Gasteiger partial charge in [-0.25, -0.2) is 0 Å². The average Bonchev–Trinajstić information content (AvgIpc) is 2.44. The summed E-state index contributed by atoms with van der Waals surface area (Å²) in [7, 11) is 1.61. The highest BCUT2D eigenvalue weighted by atomic mass is 32.2. The van der Waals surface area contributed by atoms with Gasteiger partial charge in [-0.2, -0.15) is 17.0 Å². The van der Waals surface area contributed by atoms with E-state index in [2.05, 4.69) is 11.4 Å². The Morgan fingerprint density at radius 3 is 2.72 bits per heavy atom. The Labute approximate surface area is 112 Å². The molecule has 1 atom stereocenters. The highest BCUT2D eigenvalue weighted by Gasteiger charge is 2.26. The number of hydrogen-bond donors (Lipinski definition) is 2. The van der Waals surface area contributed by atoms with Gasteiger partial charge >= 0.3 is 0 Å². The second-order valence-electron chi connectivity index (χ2n) is 3.92. The molecule has 4 nitrogen and oxygen atoms in total. The van der Waals surface area contributed by atoms with Crippen molar-refractivity contribution in [2.24, 2.45) is 5.73 Å². The van der Waals surface area contributed by atoms with Crippen molar-refractivity contribution < 1.29 is 4.79 Å². The fourth-order valence-electron chi connectivity index (χ4n) is 1.47. The number of carbonyl (C=O) groups is 1. The molecule has 0 aliphatic carbocycles. The molecule has 0 saturated carbocycles. The van der Waals surface area contributed by atoms with Gasteiger partial charge in [0.2, 0.25) is 5.91 Å². The van der Waals surface area contributed by atoms with Gasteiger partial charge in [-0.15, -0.1) is 0 Å². The summed E-state index contributed by atoms with van der Waals surface area (Å²) in [4.78, 5) is 11.0. The number of nitrogens with zero attached hydrogens (tertiary/aromatic N) is 1. The molecule has 0 heterocycles. The summed E-state index contributed by atoms with van der Waals surface area (Å²) < 4.78 is 0. The zero-order chi connectivity index (χ0) is 13.4. The maximum Gasteiger partial charge on any atom is 0.229 e. The lowest BCUT2D eigenvalue weighted by Crippen LogP contribution is -2.35. The Morgan fingerprint density at radius 2 is 2.17 bits per heavy atom. The maximum atomic E-state index is 11.0. The molecular weight excluding hydrogens is 246 g/mol. The van der Waals surface area contributed by atoms with E-state index >= 15 is 0 Å². The van der Waals surface area contributed by atoms with Gasteiger partial charge in [-0.05, 0) is 17.7 Å². The minimum atomic E-state index is -0.975. The quantitative estimate of drug-likeness (QED) is 0.757. The van der Waals surface area contributed by atoms with Crippen LogP contribution >= 0.6 is 11.8 Å². The van der Waals surface area contributed by atoms with E-state index in [1.807, 2.05) is 30.3 Å². The van der Waals surface area contributed by atoms with Crippen LogP contribution in [0.5, 0.6) is 0 Å². The first kappa shape index (κ1) is 14.6. The SMILES string of the molecule is CNC(=O)CSCCC(N)(C#N)c1ccccc1. The van der Waals surface area contributed by atoms with E-state index in [1.54, 1.807) is 7.05 Å². The van der Waals surface area contributed by atoms with Crippen LogP contribution in [0.1, 0.15) is 12.0 Å². The van der Waals surface area contributed by atoms with Crippen LogP contribution in [-0.4, -0.2) is 24.5 Å². The van der Waals surface area contributed by atoms with Crippen molar-refractivity contribution in [3.63, 3.8) is 0 Å². The van der Waals surface area contributed by atoms with Crippen molar-refractivity contribution in [1.29, 1.82) is 5.26 Å². The molecule has 18 heavy (non-hydrogen) atoms. The van der Waals surface area contributed by atoms with Gasteiger partial charge < -0.3 is 11.1 Å². The van der Waals surface area contributed by atoms with Crippen molar-refractivity contribution in [2.75, 3.05) is 18.6 Å². The second-order valence-corrected chi connectivity index (χ2v) is 5.03. The molecule has 0 aliphatic heterocycles. The molecule has 96 valence electrons. The summed E-state index contributed by atoms with van der Waals surface area (Å²) in [6.45, 7) is 0. The van der Waals surface area contributed by atoms with E-state index in [0.717, 1.165) is 5.56 Å². The summed E-state index contributed by atoms with van der Waals surface area (Å²) in [6.07, 6.45) is 0.523. The number of rotatable bonds is 6. The largest absolute Gasteiger partial charge is 0.358 e. The molecule has 0 fully saturated rings. The highest BCUT2D eigenvalue weighted by molar-refractivity contribution is 7.99. The fourth-order valence-corrected chi connectivity index (χ4v) is 2.41. The van der Waals surface area contributed by atoms with Crippen molar-refractivity contribution in [3.8, 4) is 6.07 Å². The molecule has 0 radical (unpaired) electrons. The predicted octanol–water partition coefficient (Wildman–Crippen LogP) is 1.23. The molecule has 0 bridgehead atoms. The van der Waals surface area contributed by atoms with Crippen molar-refractivity contribution in [3.05, 3.63) is 35.9 Å². The van der Waals surface area contributed by atoms with E-state index < -0.39 is 5.54 Å². The predicted molar refractivity (Wildman–Crippen MR) is 73.9 cm³/mol. The number of carbonyl (C=O) groups excluding carboxylic acids is 1. The Hall–Kier alpha value is -1.51. The van der Waals surface area contributed by atoms with Crippen LogP contribution in [0.3, 0.4) is 0 Å². The molecule has 0 aromatic heterocycles. The standard InChI is InChI=1S/C13H17N3OS/c1-16-12(17)9-18-8-7-13(15,10-14)11-5-3-2-4-6-11/h2-6H,7-9,15H2,1H3,(H,16,17). The third kappa shape index (κ3) is 4.06. The molecule has 1 aromatic carbocycles. The first-order valence-corrected chi connectivity index (χ1v) is 6.82. The molecule has 1 amide bonds. The van der Waals surface area contributed by atoms with E-state index in [0.29, 0.717) is 17.9 Å². The molecular formula is C13H17N3OS. The Morgan fingerprint density at radius 1 is 1.50 bits per heavy atom. The van der Waals surface area contributed by atoms with Gasteiger partial charge in [0.1, 0.15) is 5.54 Å². The first-order chi connectivity index (χ1) is 8.62. The third-order valence-electron chi connectivity index (χ3n) is 2.64. The molecule has 5 heteroatoms. The van der Waals surface area contributed by atoms with Crippen molar-refractivity contribution in [2.45, 2.75) is 12.0 Å². The molecule has 1 rings (SSSR count). The van der Waals surface area contributed by atoms with Crippen LogP contribution in [0.2, 0.25) is 0 Å². The Balaban J connectivity index is 2.52. The number of nitrogens with two attached hydrogens (primary N) is 1. The van der Waals surface area contributed by atoms with E-state index in [9.17, 15) is 10.1 Å². The second kappa shape index (κ2) is 7.04. The number of nitriles is 1. The molecule has 1 aromatic rings. The molecule has 0 spiro atoms. The van der Waals surface area contributed by atoms with Crippen LogP contribution in [-0.2, 0) is 10.3 Å². The lowest BCUT2D eigenvalue weighted by atomic mass is 9.90. The normalized spacial score (nSPS) is 13.4. The fraction of sp³-hybridized carbons (Fsp3) is 0.385. The van der Waals surface area contributed by atoms with Crippen LogP contribution in [0.4, 0.5) is 0 Å². The van der Waals surface area contributed by atoms with Crippen LogP contribution in [0.25, 0.3) is 0 Å². The summed E-state index contributed by atoms with van der Waals surface area (Å²) in [5.41, 5.74) is 5.93. The summed E-state index contributed by atoms with van der Waals surface area (Å²) in [5.74, 6) is 1.05. The summed E-state index contributed by atoms with van der Waals surface area (Å²) in [6, 6.07) is 11.5. The lowest BCUT2D eigenvalue weighted by Gasteiger charge is -2.21. The van der Waals surface area contributed by atoms with Crippen LogP contribution in [0, 0.1) is 11.3 Å². The average molecular weight is 263 g/mol. The first-order valence-electron chi connectivity index (χ1n) is 5.66.